The van der Waals surface area contributed by atoms with Gasteiger partial charge < -0.3 is 23.8 Å². The summed E-state index contributed by atoms with van der Waals surface area (Å²) in [6, 6.07) is 17.1. The van der Waals surface area contributed by atoms with Crippen molar-refractivity contribution in [3.63, 3.8) is 0 Å². The number of carbonyl (C=O) groups excluding carboxylic acids is 1. The van der Waals surface area contributed by atoms with Gasteiger partial charge in [-0.2, -0.15) is 0 Å². The second kappa shape index (κ2) is 10.7. The first-order valence-electron chi connectivity index (χ1n) is 13.0. The fourth-order valence-electron chi connectivity index (χ4n) is 5.60. The molecule has 0 radical (unpaired) electrons. The van der Waals surface area contributed by atoms with Gasteiger partial charge in [-0.25, -0.2) is 0 Å². The van der Waals surface area contributed by atoms with E-state index in [0.717, 1.165) is 68.6 Å². The van der Waals surface area contributed by atoms with Crippen LogP contribution in [0, 0.1) is 0 Å². The molecule has 0 bridgehead atoms. The Labute approximate surface area is 208 Å². The fourth-order valence-corrected chi connectivity index (χ4v) is 5.60. The first-order valence-corrected chi connectivity index (χ1v) is 13.0. The molecule has 2 aliphatic heterocycles. The zero-order valence-electron chi connectivity index (χ0n) is 21.0. The van der Waals surface area contributed by atoms with Crippen molar-refractivity contribution < 1.29 is 14.3 Å². The molecule has 0 N–H and O–H groups in total. The maximum Gasteiger partial charge on any atom is 0.253 e. The lowest BCUT2D eigenvalue weighted by Gasteiger charge is -2.33. The lowest BCUT2D eigenvalue weighted by atomic mass is 10.0. The summed E-state index contributed by atoms with van der Waals surface area (Å²) in [5.41, 5.74) is 1.96. The van der Waals surface area contributed by atoms with Crippen molar-refractivity contribution >= 4 is 16.8 Å². The summed E-state index contributed by atoms with van der Waals surface area (Å²) in [5, 5.41) is 1.22. The number of benzene rings is 2. The molecule has 3 heterocycles. The number of aromatic nitrogens is 1. The van der Waals surface area contributed by atoms with Gasteiger partial charge in [-0.1, -0.05) is 0 Å². The lowest BCUT2D eigenvalue weighted by molar-refractivity contribution is 0.0696. The van der Waals surface area contributed by atoms with Gasteiger partial charge >= 0.3 is 0 Å². The maximum atomic E-state index is 12.9. The van der Waals surface area contributed by atoms with Crippen LogP contribution >= 0.6 is 0 Å². The van der Waals surface area contributed by atoms with E-state index in [4.69, 9.17) is 9.47 Å². The first kappa shape index (κ1) is 23.7. The average molecular weight is 476 g/mol. The van der Waals surface area contributed by atoms with Gasteiger partial charge in [0.1, 0.15) is 11.5 Å². The molecule has 1 atom stereocenters. The van der Waals surface area contributed by atoms with Crippen LogP contribution in [0.2, 0.25) is 0 Å². The van der Waals surface area contributed by atoms with E-state index in [2.05, 4.69) is 46.9 Å². The van der Waals surface area contributed by atoms with Crippen LogP contribution in [0.15, 0.2) is 54.7 Å². The maximum absolute atomic E-state index is 12.9. The first-order chi connectivity index (χ1) is 17.1. The van der Waals surface area contributed by atoms with Gasteiger partial charge in [0, 0.05) is 54.4 Å². The van der Waals surface area contributed by atoms with Crippen LogP contribution in [-0.2, 0) is 0 Å². The number of ether oxygens (including phenoxy) is 2. The topological polar surface area (TPSA) is 46.9 Å². The Morgan fingerprint density at radius 1 is 0.971 bits per heavy atom. The Morgan fingerprint density at radius 2 is 1.74 bits per heavy atom. The van der Waals surface area contributed by atoms with Gasteiger partial charge in [0.15, 0.2) is 0 Å². The van der Waals surface area contributed by atoms with Crippen molar-refractivity contribution in [2.75, 3.05) is 39.9 Å². The van der Waals surface area contributed by atoms with Gasteiger partial charge in [-0.05, 0) is 94.1 Å². The second-order valence-electron chi connectivity index (χ2n) is 9.92. The molecule has 2 aromatic carbocycles. The molecule has 186 valence electrons. The zero-order valence-corrected chi connectivity index (χ0v) is 21.0. The molecule has 2 saturated heterocycles. The van der Waals surface area contributed by atoms with E-state index in [1.807, 2.05) is 29.2 Å². The average Bonchev–Trinajstić information content (AvgIpc) is 3.52. The summed E-state index contributed by atoms with van der Waals surface area (Å²) in [6.07, 6.45) is 7.82. The number of amides is 1. The smallest absolute Gasteiger partial charge is 0.253 e. The molecule has 3 aromatic rings. The Kier molecular flexibility index (Phi) is 7.28. The number of hydrogen-bond acceptors (Lipinski definition) is 4. The number of carbonyl (C=O) groups is 1. The van der Waals surface area contributed by atoms with Gasteiger partial charge in [0.25, 0.3) is 5.91 Å². The molecule has 0 saturated carbocycles. The minimum atomic E-state index is 0.101. The highest BCUT2D eigenvalue weighted by Crippen LogP contribution is 2.30. The summed E-state index contributed by atoms with van der Waals surface area (Å²) in [5.74, 6) is 1.82. The molecule has 2 fully saturated rings. The minimum Gasteiger partial charge on any atom is -0.497 e. The predicted octanol–water partition coefficient (Wildman–Crippen LogP) is 5.38. The molecule has 0 aliphatic carbocycles. The number of hydrogen-bond donors (Lipinski definition) is 0. The van der Waals surface area contributed by atoms with Crippen LogP contribution in [0.3, 0.4) is 0 Å². The number of fused-ring (bicyclic) bond motifs is 1. The van der Waals surface area contributed by atoms with Gasteiger partial charge in [0.2, 0.25) is 0 Å². The van der Waals surface area contributed by atoms with Crippen LogP contribution in [-0.4, -0.2) is 66.2 Å². The van der Waals surface area contributed by atoms with Crippen molar-refractivity contribution in [2.24, 2.45) is 0 Å². The van der Waals surface area contributed by atoms with E-state index in [-0.39, 0.29) is 5.91 Å². The molecule has 0 spiro atoms. The number of nitrogens with zero attached hydrogens (tertiary/aromatic N) is 3. The predicted molar refractivity (Wildman–Crippen MR) is 139 cm³/mol. The summed E-state index contributed by atoms with van der Waals surface area (Å²) < 4.78 is 13.7. The Balaban J connectivity index is 1.14. The normalized spacial score (nSPS) is 19.4. The largest absolute Gasteiger partial charge is 0.497 e. The molecular formula is C29H37N3O3. The summed E-state index contributed by atoms with van der Waals surface area (Å²) in [6.45, 7) is 6.98. The lowest BCUT2D eigenvalue weighted by Crippen LogP contribution is -2.38. The summed E-state index contributed by atoms with van der Waals surface area (Å²) in [7, 11) is 1.64. The van der Waals surface area contributed by atoms with Gasteiger partial charge in [-0.3, -0.25) is 4.79 Å². The monoisotopic (exact) mass is 475 g/mol. The molecule has 35 heavy (non-hydrogen) atoms. The van der Waals surface area contributed by atoms with Crippen LogP contribution in [0.5, 0.6) is 11.5 Å². The van der Waals surface area contributed by atoms with Crippen LogP contribution in [0.1, 0.15) is 55.4 Å². The highest BCUT2D eigenvalue weighted by atomic mass is 16.5. The quantitative estimate of drug-likeness (QED) is 0.411. The number of rotatable bonds is 8. The Bertz CT molecular complexity index is 1130. The van der Waals surface area contributed by atoms with E-state index in [9.17, 15) is 4.79 Å². The summed E-state index contributed by atoms with van der Waals surface area (Å²) in [4.78, 5) is 17.4. The minimum absolute atomic E-state index is 0.101. The third-order valence-electron chi connectivity index (χ3n) is 7.72. The van der Waals surface area contributed by atoms with Crippen molar-refractivity contribution in [3.8, 4) is 11.5 Å². The van der Waals surface area contributed by atoms with Crippen molar-refractivity contribution in [3.05, 3.63) is 60.3 Å². The van der Waals surface area contributed by atoms with Crippen molar-refractivity contribution in [1.82, 2.24) is 14.4 Å². The van der Waals surface area contributed by atoms with Gasteiger partial charge in [0.05, 0.1) is 13.7 Å². The van der Waals surface area contributed by atoms with E-state index in [1.54, 1.807) is 7.11 Å². The highest BCUT2D eigenvalue weighted by Gasteiger charge is 2.25. The second-order valence-corrected chi connectivity index (χ2v) is 9.92. The van der Waals surface area contributed by atoms with Crippen molar-refractivity contribution in [2.45, 2.75) is 51.1 Å². The van der Waals surface area contributed by atoms with Gasteiger partial charge in [-0.15, -0.1) is 0 Å². The molecule has 1 amide bonds. The molecule has 6 nitrogen and oxygen atoms in total. The molecule has 5 rings (SSSR count). The third-order valence-corrected chi connectivity index (χ3v) is 7.72. The highest BCUT2D eigenvalue weighted by molar-refractivity contribution is 5.94. The third kappa shape index (κ3) is 5.32. The van der Waals surface area contributed by atoms with Crippen molar-refractivity contribution in [1.29, 1.82) is 0 Å². The van der Waals surface area contributed by atoms with Crippen LogP contribution < -0.4 is 9.47 Å². The number of methoxy groups -OCH3 is 1. The Hall–Kier alpha value is -2.99. The number of likely N-dealkylation sites (tertiary alicyclic amines) is 2. The Morgan fingerprint density at radius 3 is 2.46 bits per heavy atom. The van der Waals surface area contributed by atoms with Crippen LogP contribution in [0.4, 0.5) is 0 Å². The molecule has 0 unspecified atom stereocenters. The molecule has 2 aliphatic rings. The van der Waals surface area contributed by atoms with E-state index in [1.165, 1.54) is 30.3 Å². The molecular weight excluding hydrogens is 438 g/mol. The standard InChI is InChI=1S/C29H37N3O3/c1-22-5-3-15-30(22)16-4-20-35-27-10-11-28-24(21-27)12-19-32(28)25-13-17-31(18-14-25)29(33)23-6-8-26(34-2)9-7-23/h6-12,19,21-22,25H,3-5,13-18,20H2,1-2H3/t22-/m1/s1. The molecule has 1 aromatic heterocycles. The van der Waals surface area contributed by atoms with E-state index < -0.39 is 0 Å². The van der Waals surface area contributed by atoms with Crippen LogP contribution in [0.25, 0.3) is 10.9 Å². The van der Waals surface area contributed by atoms with E-state index >= 15 is 0 Å². The van der Waals surface area contributed by atoms with E-state index in [0.29, 0.717) is 6.04 Å². The summed E-state index contributed by atoms with van der Waals surface area (Å²) >= 11 is 0. The molecule has 6 heteroatoms. The fraction of sp³-hybridized carbons (Fsp3) is 0.483. The number of piperidine rings is 1. The zero-order chi connectivity index (χ0) is 24.2. The SMILES string of the molecule is COc1ccc(C(=O)N2CCC(n3ccc4cc(OCCCN5CCC[C@H]5C)ccc43)CC2)cc1.